The molecule has 2 rings (SSSR count). The predicted octanol–water partition coefficient (Wildman–Crippen LogP) is 3.07. The highest BCUT2D eigenvalue weighted by Crippen LogP contribution is 2.39. The van der Waals surface area contributed by atoms with E-state index in [0.29, 0.717) is 21.5 Å². The van der Waals surface area contributed by atoms with Gasteiger partial charge in [-0.3, -0.25) is 19.3 Å². The maximum Gasteiger partial charge on any atom is 0.326 e. The molecule has 1 aromatic rings. The molecule has 0 radical (unpaired) electrons. The number of rotatable bonds is 7. The van der Waals surface area contributed by atoms with Gasteiger partial charge >= 0.3 is 5.97 Å². The van der Waals surface area contributed by atoms with Crippen LogP contribution in [0.15, 0.2) is 21.5 Å². The van der Waals surface area contributed by atoms with Gasteiger partial charge in [0, 0.05) is 10.0 Å². The minimum Gasteiger partial charge on any atom is -0.493 e. The topological polar surface area (TPSA) is 82.1 Å². The first kappa shape index (κ1) is 20.9. The number of methoxy groups -OCH3 is 1. The number of thioether (sulfide) groups is 1. The third-order valence-electron chi connectivity index (χ3n) is 3.32. The molecular formula is C18H16BrNO6S. The first-order valence-corrected chi connectivity index (χ1v) is 9.37. The smallest absolute Gasteiger partial charge is 0.326 e. The Morgan fingerprint density at radius 2 is 2.15 bits per heavy atom. The summed E-state index contributed by atoms with van der Waals surface area (Å²) in [6.45, 7) is 1.38. The minimum atomic E-state index is -0.650. The van der Waals surface area contributed by atoms with Gasteiger partial charge in [0.2, 0.25) is 0 Å². The summed E-state index contributed by atoms with van der Waals surface area (Å²) in [4.78, 5) is 37.2. The molecule has 1 aliphatic rings. The summed E-state index contributed by atoms with van der Waals surface area (Å²) in [6, 6.07) is 3.39. The molecule has 2 amide bonds. The lowest BCUT2D eigenvalue weighted by Gasteiger charge is -2.13. The van der Waals surface area contributed by atoms with Crippen LogP contribution in [0.25, 0.3) is 6.08 Å². The number of hydrogen-bond acceptors (Lipinski definition) is 7. The van der Waals surface area contributed by atoms with Crippen molar-refractivity contribution in [1.29, 1.82) is 0 Å². The fourth-order valence-electron chi connectivity index (χ4n) is 2.23. The Labute approximate surface area is 169 Å². The van der Waals surface area contributed by atoms with Crippen molar-refractivity contribution >= 4 is 50.9 Å². The van der Waals surface area contributed by atoms with Crippen LogP contribution in [-0.4, -0.2) is 48.9 Å². The Bertz CT molecular complexity index is 845. The molecule has 0 N–H and O–H groups in total. The summed E-state index contributed by atoms with van der Waals surface area (Å²) in [5.74, 6) is 1.89. The van der Waals surface area contributed by atoms with Crippen LogP contribution in [-0.2, 0) is 14.3 Å². The van der Waals surface area contributed by atoms with Crippen molar-refractivity contribution in [3.63, 3.8) is 0 Å². The second-order valence-electron chi connectivity index (χ2n) is 5.09. The Hall–Kier alpha value is -2.44. The number of carbonyl (C=O) groups excluding carboxylic acids is 3. The van der Waals surface area contributed by atoms with E-state index in [4.69, 9.17) is 20.6 Å². The van der Waals surface area contributed by atoms with E-state index in [1.807, 2.05) is 0 Å². The lowest BCUT2D eigenvalue weighted by atomic mass is 10.1. The third-order valence-corrected chi connectivity index (χ3v) is 4.69. The molecule has 0 spiro atoms. The van der Waals surface area contributed by atoms with Crippen LogP contribution in [0, 0.1) is 12.3 Å². The van der Waals surface area contributed by atoms with Crippen molar-refractivity contribution in [3.8, 4) is 23.8 Å². The first-order valence-electron chi connectivity index (χ1n) is 7.76. The second-order valence-corrected chi connectivity index (χ2v) is 7.00. The zero-order chi connectivity index (χ0) is 20.0. The first-order chi connectivity index (χ1) is 12.9. The van der Waals surface area contributed by atoms with Gasteiger partial charge in [-0.1, -0.05) is 21.9 Å². The number of carbonyl (C=O) groups is 3. The SMILES string of the molecule is C#CCOc1c(/C=C2\SC(=O)N(CC(=O)OCC)C2=O)cc(Br)cc1OC. The molecule has 0 aliphatic carbocycles. The van der Waals surface area contributed by atoms with Crippen LogP contribution in [0.4, 0.5) is 4.79 Å². The second kappa shape index (κ2) is 9.48. The highest BCUT2D eigenvalue weighted by molar-refractivity contribution is 9.10. The maximum absolute atomic E-state index is 12.5. The van der Waals surface area contributed by atoms with E-state index in [9.17, 15) is 14.4 Å². The van der Waals surface area contributed by atoms with E-state index in [1.165, 1.54) is 13.2 Å². The van der Waals surface area contributed by atoms with Crippen LogP contribution in [0.3, 0.4) is 0 Å². The summed E-state index contributed by atoms with van der Waals surface area (Å²) >= 11 is 4.09. The highest BCUT2D eigenvalue weighted by atomic mass is 79.9. The van der Waals surface area contributed by atoms with Crippen LogP contribution < -0.4 is 9.47 Å². The molecule has 0 saturated carbocycles. The van der Waals surface area contributed by atoms with Crippen molar-refractivity contribution < 1.29 is 28.6 Å². The summed E-state index contributed by atoms with van der Waals surface area (Å²) in [5.41, 5.74) is 0.498. The normalized spacial score (nSPS) is 15.0. The molecule has 1 aromatic carbocycles. The van der Waals surface area contributed by atoms with Gasteiger partial charge in [0.1, 0.15) is 13.2 Å². The lowest BCUT2D eigenvalue weighted by Crippen LogP contribution is -2.34. The van der Waals surface area contributed by atoms with E-state index >= 15 is 0 Å². The number of terminal acetylenes is 1. The molecular weight excluding hydrogens is 438 g/mol. The average Bonchev–Trinajstić information content (AvgIpc) is 2.88. The molecule has 0 atom stereocenters. The molecule has 1 aliphatic heterocycles. The Morgan fingerprint density at radius 3 is 2.78 bits per heavy atom. The van der Waals surface area contributed by atoms with Gasteiger partial charge < -0.3 is 14.2 Å². The van der Waals surface area contributed by atoms with E-state index < -0.39 is 23.7 Å². The number of benzene rings is 1. The van der Waals surface area contributed by atoms with Gasteiger partial charge in [0.15, 0.2) is 11.5 Å². The molecule has 0 bridgehead atoms. The van der Waals surface area contributed by atoms with Gasteiger partial charge in [0.25, 0.3) is 11.1 Å². The number of esters is 1. The molecule has 0 unspecified atom stereocenters. The molecule has 7 nitrogen and oxygen atoms in total. The third kappa shape index (κ3) is 5.05. The molecule has 1 fully saturated rings. The van der Waals surface area contributed by atoms with Gasteiger partial charge in [-0.15, -0.1) is 6.42 Å². The van der Waals surface area contributed by atoms with Crippen molar-refractivity contribution in [3.05, 3.63) is 27.1 Å². The zero-order valence-corrected chi connectivity index (χ0v) is 17.0. The highest BCUT2D eigenvalue weighted by Gasteiger charge is 2.37. The predicted molar refractivity (Wildman–Crippen MR) is 104 cm³/mol. The molecule has 0 aromatic heterocycles. The zero-order valence-electron chi connectivity index (χ0n) is 14.6. The van der Waals surface area contributed by atoms with Gasteiger partial charge in [-0.2, -0.15) is 0 Å². The van der Waals surface area contributed by atoms with Crippen LogP contribution in [0.5, 0.6) is 11.5 Å². The van der Waals surface area contributed by atoms with Crippen LogP contribution in [0.2, 0.25) is 0 Å². The minimum absolute atomic E-state index is 0.00314. The van der Waals surface area contributed by atoms with E-state index in [-0.39, 0.29) is 18.1 Å². The average molecular weight is 454 g/mol. The Balaban J connectivity index is 2.37. The molecule has 1 saturated heterocycles. The van der Waals surface area contributed by atoms with Crippen LogP contribution in [0.1, 0.15) is 12.5 Å². The molecule has 27 heavy (non-hydrogen) atoms. The van der Waals surface area contributed by atoms with E-state index in [0.717, 1.165) is 16.7 Å². The summed E-state index contributed by atoms with van der Waals surface area (Å²) in [5, 5.41) is -0.549. The van der Waals surface area contributed by atoms with Gasteiger partial charge in [-0.05, 0) is 36.9 Å². The van der Waals surface area contributed by atoms with Crippen molar-refractivity contribution in [2.24, 2.45) is 0 Å². The van der Waals surface area contributed by atoms with Crippen molar-refractivity contribution in [2.75, 3.05) is 26.9 Å². The monoisotopic (exact) mass is 453 g/mol. The molecule has 142 valence electrons. The van der Waals surface area contributed by atoms with E-state index in [2.05, 4.69) is 21.9 Å². The standard InChI is InChI=1S/C18H16BrNO6S/c1-4-6-26-16-11(7-12(19)9-13(16)24-3)8-14-17(22)20(18(23)27-14)10-15(21)25-5-2/h1,7-9H,5-6,10H2,2-3H3/b14-8-. The Morgan fingerprint density at radius 1 is 1.41 bits per heavy atom. The summed E-state index contributed by atoms with van der Waals surface area (Å²) < 4.78 is 16.3. The van der Waals surface area contributed by atoms with Crippen molar-refractivity contribution in [1.82, 2.24) is 4.90 Å². The molecule has 9 heteroatoms. The van der Waals surface area contributed by atoms with Gasteiger partial charge in [-0.25, -0.2) is 0 Å². The summed E-state index contributed by atoms with van der Waals surface area (Å²) in [6.07, 6.45) is 6.74. The van der Waals surface area contributed by atoms with Gasteiger partial charge in [0.05, 0.1) is 18.6 Å². The fourth-order valence-corrected chi connectivity index (χ4v) is 3.51. The quantitative estimate of drug-likeness (QED) is 0.356. The maximum atomic E-state index is 12.5. The fraction of sp³-hybridized carbons (Fsp3) is 0.278. The number of nitrogens with zero attached hydrogens (tertiary/aromatic N) is 1. The summed E-state index contributed by atoms with van der Waals surface area (Å²) in [7, 11) is 1.47. The van der Waals surface area contributed by atoms with Crippen molar-refractivity contribution in [2.45, 2.75) is 6.92 Å². The largest absolute Gasteiger partial charge is 0.493 e. The Kier molecular flexibility index (Phi) is 7.33. The number of ether oxygens (including phenoxy) is 3. The van der Waals surface area contributed by atoms with E-state index in [1.54, 1.807) is 19.1 Å². The van der Waals surface area contributed by atoms with Crippen LogP contribution >= 0.6 is 27.7 Å². The number of hydrogen-bond donors (Lipinski definition) is 0. The number of halogens is 1. The lowest BCUT2D eigenvalue weighted by molar-refractivity contribution is -0.145. The molecule has 1 heterocycles. The number of imide groups is 1. The number of amides is 2.